The summed E-state index contributed by atoms with van der Waals surface area (Å²) >= 11 is 0. The molecule has 0 aliphatic rings. The van der Waals surface area contributed by atoms with E-state index in [2.05, 4.69) is 5.32 Å². The van der Waals surface area contributed by atoms with Gasteiger partial charge in [-0.15, -0.1) is 0 Å². The quantitative estimate of drug-likeness (QED) is 0.138. The molecule has 0 bridgehead atoms. The van der Waals surface area contributed by atoms with E-state index < -0.39 is 24.2 Å². The van der Waals surface area contributed by atoms with E-state index in [4.69, 9.17) is 23.7 Å². The highest BCUT2D eigenvalue weighted by atomic mass is 16.7. The maximum atomic E-state index is 13.0. The number of carbonyl (C=O) groups is 2. The van der Waals surface area contributed by atoms with Gasteiger partial charge in [-0.3, -0.25) is 14.8 Å². The first-order chi connectivity index (χ1) is 17.4. The fourth-order valence-corrected chi connectivity index (χ4v) is 3.73. The summed E-state index contributed by atoms with van der Waals surface area (Å²) in [6.07, 6.45) is 0.0109. The normalized spacial score (nSPS) is 12.7. The van der Waals surface area contributed by atoms with E-state index in [1.165, 1.54) is 14.2 Å². The molecule has 0 unspecified atom stereocenters. The number of amides is 2. The number of nitrogens with one attached hydrogen (secondary N) is 2. The summed E-state index contributed by atoms with van der Waals surface area (Å²) in [5, 5.41) is 12.3. The number of rotatable bonds is 16. The smallest absolute Gasteiger partial charge is 0.251 e. The Labute approximate surface area is 211 Å². The van der Waals surface area contributed by atoms with Gasteiger partial charge in [-0.05, 0) is 49.6 Å². The largest absolute Gasteiger partial charge is 0.497 e. The van der Waals surface area contributed by atoms with Crippen molar-refractivity contribution in [2.24, 2.45) is 5.92 Å². The number of ether oxygens (including phenoxy) is 5. The third kappa shape index (κ3) is 9.21. The lowest BCUT2D eigenvalue weighted by molar-refractivity contribution is -0.134. The highest BCUT2D eigenvalue weighted by Crippen LogP contribution is 2.21. The first-order valence-electron chi connectivity index (χ1n) is 11.6. The lowest BCUT2D eigenvalue weighted by Crippen LogP contribution is -2.42. The van der Waals surface area contributed by atoms with Crippen LogP contribution in [0.4, 0.5) is 0 Å². The van der Waals surface area contributed by atoms with E-state index in [0.29, 0.717) is 24.3 Å². The number of hydroxylamine groups is 1. The number of hydrogen-bond donors (Lipinski definition) is 3. The zero-order valence-corrected chi connectivity index (χ0v) is 21.2. The summed E-state index contributed by atoms with van der Waals surface area (Å²) in [5.41, 5.74) is 3.78. The standard InChI is InChI=1S/C26H36N2O8/c1-5-35-17-36-16-22(27-24(29)19-9-11-20(12-10-19)26(33-3)34-4)15-21(25(30)28-31)13-18-7-6-8-23(14-18)32-2/h6-12,14,21-22,26,31H,5,13,15-17H2,1-4H3,(H,27,29)(H,28,30)/t21-,22-/m0/s1. The Bertz CT molecular complexity index is 934. The van der Waals surface area contributed by atoms with E-state index >= 15 is 0 Å². The van der Waals surface area contributed by atoms with E-state index in [-0.39, 0.29) is 25.7 Å². The molecule has 0 spiro atoms. The zero-order chi connectivity index (χ0) is 26.3. The van der Waals surface area contributed by atoms with E-state index in [0.717, 1.165) is 11.1 Å². The molecule has 36 heavy (non-hydrogen) atoms. The second kappa shape index (κ2) is 15.9. The van der Waals surface area contributed by atoms with Crippen LogP contribution in [0.1, 0.15) is 41.1 Å². The molecular formula is C26H36N2O8. The fraction of sp³-hybridized carbons (Fsp3) is 0.462. The van der Waals surface area contributed by atoms with Crippen LogP contribution in [0.2, 0.25) is 0 Å². The van der Waals surface area contributed by atoms with Crippen LogP contribution in [-0.2, 0) is 30.2 Å². The number of hydrogen-bond acceptors (Lipinski definition) is 8. The molecule has 0 saturated heterocycles. The van der Waals surface area contributed by atoms with Gasteiger partial charge in [0.05, 0.1) is 19.8 Å². The molecule has 2 atom stereocenters. The second-order valence-corrected chi connectivity index (χ2v) is 8.04. The van der Waals surface area contributed by atoms with Crippen LogP contribution in [0.3, 0.4) is 0 Å². The Morgan fingerprint density at radius 1 is 1.00 bits per heavy atom. The minimum Gasteiger partial charge on any atom is -0.497 e. The third-order valence-corrected chi connectivity index (χ3v) is 5.56. The van der Waals surface area contributed by atoms with Crippen molar-refractivity contribution < 1.29 is 38.5 Å². The summed E-state index contributed by atoms with van der Waals surface area (Å²) in [6.45, 7) is 2.50. The van der Waals surface area contributed by atoms with E-state index in [1.807, 2.05) is 31.2 Å². The molecule has 10 nitrogen and oxygen atoms in total. The molecule has 198 valence electrons. The molecule has 0 fully saturated rings. The predicted molar refractivity (Wildman–Crippen MR) is 132 cm³/mol. The van der Waals surface area contributed by atoms with Gasteiger partial charge in [0.2, 0.25) is 5.91 Å². The van der Waals surface area contributed by atoms with Gasteiger partial charge in [0, 0.05) is 37.9 Å². The molecule has 2 aromatic carbocycles. The number of carbonyl (C=O) groups excluding carboxylic acids is 2. The average Bonchev–Trinajstić information content (AvgIpc) is 2.91. The molecule has 2 amide bonds. The predicted octanol–water partition coefficient (Wildman–Crippen LogP) is 2.85. The SMILES string of the molecule is CCOCOC[C@H](C[C@H](Cc1cccc(OC)c1)C(=O)NO)NC(=O)c1ccc(C(OC)OC)cc1. The number of benzene rings is 2. The van der Waals surface area contributed by atoms with Gasteiger partial charge in [0.1, 0.15) is 12.5 Å². The molecule has 0 heterocycles. The van der Waals surface area contributed by atoms with Crippen molar-refractivity contribution in [1.82, 2.24) is 10.8 Å². The van der Waals surface area contributed by atoms with Crippen LogP contribution in [0.15, 0.2) is 48.5 Å². The molecule has 3 N–H and O–H groups in total. The van der Waals surface area contributed by atoms with Gasteiger partial charge in [0.25, 0.3) is 5.91 Å². The van der Waals surface area contributed by atoms with Gasteiger partial charge in [0.15, 0.2) is 6.29 Å². The summed E-state index contributed by atoms with van der Waals surface area (Å²) < 4.78 is 26.5. The lowest BCUT2D eigenvalue weighted by atomic mass is 9.92. The molecule has 0 aliphatic heterocycles. The second-order valence-electron chi connectivity index (χ2n) is 8.04. The minimum atomic E-state index is -0.644. The van der Waals surface area contributed by atoms with Crippen molar-refractivity contribution in [1.29, 1.82) is 0 Å². The van der Waals surface area contributed by atoms with Crippen LogP contribution >= 0.6 is 0 Å². The molecule has 0 saturated carbocycles. The summed E-state index contributed by atoms with van der Waals surface area (Å²) in [7, 11) is 4.63. The highest BCUT2D eigenvalue weighted by Gasteiger charge is 2.25. The molecule has 10 heteroatoms. The Hall–Kier alpha value is -3.02. The monoisotopic (exact) mass is 504 g/mol. The fourth-order valence-electron chi connectivity index (χ4n) is 3.73. The first-order valence-corrected chi connectivity index (χ1v) is 11.6. The summed E-state index contributed by atoms with van der Waals surface area (Å²) in [5.74, 6) is -0.873. The lowest BCUT2D eigenvalue weighted by Gasteiger charge is -2.24. The van der Waals surface area contributed by atoms with Crippen molar-refractivity contribution in [2.75, 3.05) is 41.3 Å². The molecule has 0 aliphatic carbocycles. The third-order valence-electron chi connectivity index (χ3n) is 5.56. The van der Waals surface area contributed by atoms with Crippen molar-refractivity contribution in [3.05, 3.63) is 65.2 Å². The van der Waals surface area contributed by atoms with Crippen LogP contribution in [0.25, 0.3) is 0 Å². The maximum Gasteiger partial charge on any atom is 0.251 e. The van der Waals surface area contributed by atoms with E-state index in [1.54, 1.807) is 36.9 Å². The van der Waals surface area contributed by atoms with Gasteiger partial charge in [-0.2, -0.15) is 0 Å². The van der Waals surface area contributed by atoms with Gasteiger partial charge >= 0.3 is 0 Å². The number of methoxy groups -OCH3 is 3. The molecule has 0 radical (unpaired) electrons. The van der Waals surface area contributed by atoms with Crippen molar-refractivity contribution in [3.8, 4) is 5.75 Å². The van der Waals surface area contributed by atoms with Crippen molar-refractivity contribution >= 4 is 11.8 Å². The molecular weight excluding hydrogens is 468 g/mol. The van der Waals surface area contributed by atoms with Crippen LogP contribution in [0, 0.1) is 5.92 Å². The van der Waals surface area contributed by atoms with Crippen molar-refractivity contribution in [3.63, 3.8) is 0 Å². The van der Waals surface area contributed by atoms with Gasteiger partial charge < -0.3 is 29.0 Å². The Kier molecular flexibility index (Phi) is 12.9. The average molecular weight is 505 g/mol. The minimum absolute atomic E-state index is 0.0553. The molecule has 0 aromatic heterocycles. The molecule has 2 rings (SSSR count). The molecule has 2 aromatic rings. The summed E-state index contributed by atoms with van der Waals surface area (Å²) in [6, 6.07) is 13.6. The van der Waals surface area contributed by atoms with Crippen LogP contribution in [0.5, 0.6) is 5.75 Å². The Morgan fingerprint density at radius 3 is 2.33 bits per heavy atom. The maximum absolute atomic E-state index is 13.0. The van der Waals surface area contributed by atoms with Gasteiger partial charge in [-0.1, -0.05) is 24.3 Å². The van der Waals surface area contributed by atoms with Gasteiger partial charge in [-0.25, -0.2) is 5.48 Å². The zero-order valence-electron chi connectivity index (χ0n) is 21.2. The Morgan fingerprint density at radius 2 is 1.72 bits per heavy atom. The summed E-state index contributed by atoms with van der Waals surface area (Å²) in [4.78, 5) is 25.5. The highest BCUT2D eigenvalue weighted by molar-refractivity contribution is 5.94. The Balaban J connectivity index is 2.16. The van der Waals surface area contributed by atoms with Crippen LogP contribution in [-0.4, -0.2) is 64.4 Å². The van der Waals surface area contributed by atoms with E-state index in [9.17, 15) is 14.8 Å². The topological polar surface area (TPSA) is 125 Å². The van der Waals surface area contributed by atoms with Crippen molar-refractivity contribution in [2.45, 2.75) is 32.1 Å². The first kappa shape index (κ1) is 29.2. The van der Waals surface area contributed by atoms with Crippen LogP contribution < -0.4 is 15.5 Å².